The van der Waals surface area contributed by atoms with Crippen LogP contribution in [0.15, 0.2) is 11.2 Å². The van der Waals surface area contributed by atoms with Crippen molar-refractivity contribution in [2.45, 2.75) is 6.54 Å². The molecule has 0 atom stereocenters. The van der Waals surface area contributed by atoms with Crippen LogP contribution in [-0.2, 0) is 13.6 Å². The van der Waals surface area contributed by atoms with Gasteiger partial charge in [-0.2, -0.15) is 0 Å². The fourth-order valence-electron chi connectivity index (χ4n) is 1.30. The van der Waals surface area contributed by atoms with E-state index in [0.717, 1.165) is 11.6 Å². The largest absolute Gasteiger partial charge is 0.370 e. The van der Waals surface area contributed by atoms with Gasteiger partial charge in [0.2, 0.25) is 5.95 Å². The number of aliphatic imine (C=N–C) groups is 1. The van der Waals surface area contributed by atoms with E-state index in [1.54, 1.807) is 4.90 Å². The molecule has 1 aromatic rings. The Morgan fingerprint density at radius 3 is 2.50 bits per heavy atom. The minimum Gasteiger partial charge on any atom is -0.370 e. The van der Waals surface area contributed by atoms with Crippen molar-refractivity contribution in [1.29, 1.82) is 0 Å². The molecule has 0 aromatic carbocycles. The molecule has 0 aliphatic rings. The molecule has 0 saturated carbocycles. The van der Waals surface area contributed by atoms with E-state index >= 15 is 0 Å². The van der Waals surface area contributed by atoms with Crippen LogP contribution < -0.4 is 10.6 Å². The maximum Gasteiger partial charge on any atom is 0.204 e. The smallest absolute Gasteiger partial charge is 0.204 e. The number of rotatable bonds is 3. The Hall–Kier alpha value is -1.72. The van der Waals surface area contributed by atoms with E-state index in [-0.39, 0.29) is 0 Å². The average Bonchev–Trinajstić information content (AvgIpc) is 2.56. The molecule has 0 fully saturated rings. The van der Waals surface area contributed by atoms with E-state index in [1.165, 1.54) is 0 Å². The maximum atomic E-state index is 5.72. The van der Waals surface area contributed by atoms with Crippen molar-refractivity contribution in [2.24, 2.45) is 17.8 Å². The first-order valence-electron chi connectivity index (χ1n) is 5.08. The molecule has 1 aromatic heterocycles. The summed E-state index contributed by atoms with van der Waals surface area (Å²) in [5.41, 5.74) is 6.75. The van der Waals surface area contributed by atoms with Crippen molar-refractivity contribution >= 4 is 11.9 Å². The van der Waals surface area contributed by atoms with Crippen LogP contribution in [0.1, 0.15) is 5.69 Å². The summed E-state index contributed by atoms with van der Waals surface area (Å²) in [6.45, 7) is 0.543. The third-order valence-electron chi connectivity index (χ3n) is 2.32. The minimum atomic E-state index is 0.521. The van der Waals surface area contributed by atoms with Crippen LogP contribution in [-0.4, -0.2) is 48.6 Å². The zero-order chi connectivity index (χ0) is 12.3. The maximum absolute atomic E-state index is 5.72. The molecule has 0 aliphatic heterocycles. The van der Waals surface area contributed by atoms with Crippen molar-refractivity contribution in [2.75, 3.05) is 33.1 Å². The standard InChI is InChI=1S/C10H20N6/c1-14(2)9(11)12-6-8-7-13-10(15(3)4)16(8)5/h7H,6H2,1-5H3,(H2,11,12). The van der Waals surface area contributed by atoms with Crippen LogP contribution in [0.25, 0.3) is 0 Å². The molecule has 0 amide bonds. The van der Waals surface area contributed by atoms with Crippen molar-refractivity contribution in [3.05, 3.63) is 11.9 Å². The number of nitrogens with zero attached hydrogens (tertiary/aromatic N) is 5. The highest BCUT2D eigenvalue weighted by molar-refractivity contribution is 5.77. The lowest BCUT2D eigenvalue weighted by atomic mass is 10.5. The molecule has 1 rings (SSSR count). The zero-order valence-electron chi connectivity index (χ0n) is 10.6. The van der Waals surface area contributed by atoms with Gasteiger partial charge in [-0.1, -0.05) is 0 Å². The number of aromatic nitrogens is 2. The van der Waals surface area contributed by atoms with Gasteiger partial charge in [0.15, 0.2) is 5.96 Å². The molecule has 0 radical (unpaired) electrons. The first kappa shape index (κ1) is 12.4. The number of nitrogens with two attached hydrogens (primary N) is 1. The Kier molecular flexibility index (Phi) is 3.76. The van der Waals surface area contributed by atoms with Crippen molar-refractivity contribution in [3.8, 4) is 0 Å². The van der Waals surface area contributed by atoms with E-state index in [1.807, 2.05) is 50.9 Å². The van der Waals surface area contributed by atoms with Crippen molar-refractivity contribution in [1.82, 2.24) is 14.5 Å². The van der Waals surface area contributed by atoms with E-state index in [2.05, 4.69) is 9.98 Å². The SMILES string of the molecule is CN(C)C(N)=NCc1cnc(N(C)C)n1C. The van der Waals surface area contributed by atoms with Crippen molar-refractivity contribution in [3.63, 3.8) is 0 Å². The van der Waals surface area contributed by atoms with E-state index in [4.69, 9.17) is 5.73 Å². The van der Waals surface area contributed by atoms with Gasteiger partial charge in [-0.25, -0.2) is 9.98 Å². The van der Waals surface area contributed by atoms with Crippen molar-refractivity contribution < 1.29 is 0 Å². The summed E-state index contributed by atoms with van der Waals surface area (Å²) in [5.74, 6) is 1.43. The summed E-state index contributed by atoms with van der Waals surface area (Å²) in [6, 6.07) is 0. The second-order valence-electron chi connectivity index (χ2n) is 4.07. The lowest BCUT2D eigenvalue weighted by Gasteiger charge is -2.13. The molecule has 1 heterocycles. The van der Waals surface area contributed by atoms with Gasteiger partial charge in [0, 0.05) is 35.2 Å². The third-order valence-corrected chi connectivity index (χ3v) is 2.32. The van der Waals surface area contributed by atoms with E-state index < -0.39 is 0 Å². The summed E-state index contributed by atoms with van der Waals surface area (Å²) in [6.07, 6.45) is 1.82. The van der Waals surface area contributed by atoms with Gasteiger partial charge in [-0.3, -0.25) is 0 Å². The highest BCUT2D eigenvalue weighted by Crippen LogP contribution is 2.11. The Labute approximate surface area is 96.4 Å². The van der Waals surface area contributed by atoms with Gasteiger partial charge < -0.3 is 20.1 Å². The van der Waals surface area contributed by atoms with Crippen LogP contribution >= 0.6 is 0 Å². The quantitative estimate of drug-likeness (QED) is 0.573. The third kappa shape index (κ3) is 2.65. The van der Waals surface area contributed by atoms with Gasteiger partial charge in [-0.15, -0.1) is 0 Å². The predicted octanol–water partition coefficient (Wildman–Crippen LogP) is -0.138. The fraction of sp³-hybridized carbons (Fsp3) is 0.600. The summed E-state index contributed by atoms with van der Waals surface area (Å²) < 4.78 is 2.01. The first-order chi connectivity index (χ1) is 7.43. The number of imidazole rings is 1. The second-order valence-corrected chi connectivity index (χ2v) is 4.07. The monoisotopic (exact) mass is 224 g/mol. The molecule has 6 heteroatoms. The number of anilines is 1. The summed E-state index contributed by atoms with van der Waals surface area (Å²) in [5, 5.41) is 0. The van der Waals surface area contributed by atoms with Gasteiger partial charge in [-0.05, 0) is 0 Å². The molecule has 0 saturated heterocycles. The predicted molar refractivity (Wildman–Crippen MR) is 66.5 cm³/mol. The number of hydrogen-bond donors (Lipinski definition) is 1. The van der Waals surface area contributed by atoms with Crippen LogP contribution in [0.3, 0.4) is 0 Å². The highest BCUT2D eigenvalue weighted by atomic mass is 15.3. The van der Waals surface area contributed by atoms with Gasteiger partial charge >= 0.3 is 0 Å². The minimum absolute atomic E-state index is 0.521. The molecule has 90 valence electrons. The molecule has 0 aliphatic carbocycles. The van der Waals surface area contributed by atoms with Crippen LogP contribution in [0.2, 0.25) is 0 Å². The molecule has 2 N–H and O–H groups in total. The topological polar surface area (TPSA) is 62.7 Å². The normalized spacial score (nSPS) is 11.7. The van der Waals surface area contributed by atoms with Crippen LogP contribution in [0.4, 0.5) is 5.95 Å². The Balaban J connectivity index is 2.80. The molecule has 0 bridgehead atoms. The van der Waals surface area contributed by atoms with E-state index in [9.17, 15) is 0 Å². The Bertz CT molecular complexity index is 377. The highest BCUT2D eigenvalue weighted by Gasteiger charge is 2.07. The van der Waals surface area contributed by atoms with Gasteiger partial charge in [0.1, 0.15) is 0 Å². The molecular formula is C10H20N6. The first-order valence-corrected chi connectivity index (χ1v) is 5.08. The number of guanidine groups is 1. The summed E-state index contributed by atoms with van der Waals surface area (Å²) >= 11 is 0. The van der Waals surface area contributed by atoms with Gasteiger partial charge in [0.25, 0.3) is 0 Å². The van der Waals surface area contributed by atoms with Crippen LogP contribution in [0, 0.1) is 0 Å². The molecule has 16 heavy (non-hydrogen) atoms. The zero-order valence-corrected chi connectivity index (χ0v) is 10.6. The Morgan fingerprint density at radius 1 is 1.44 bits per heavy atom. The molecule has 0 unspecified atom stereocenters. The second kappa shape index (κ2) is 4.87. The fourth-order valence-corrected chi connectivity index (χ4v) is 1.30. The molecule has 6 nitrogen and oxygen atoms in total. The summed E-state index contributed by atoms with van der Waals surface area (Å²) in [7, 11) is 9.63. The van der Waals surface area contributed by atoms with Crippen LogP contribution in [0.5, 0.6) is 0 Å². The average molecular weight is 224 g/mol. The molecular weight excluding hydrogens is 204 g/mol. The lowest BCUT2D eigenvalue weighted by Crippen LogP contribution is -2.30. The lowest BCUT2D eigenvalue weighted by molar-refractivity contribution is 0.607. The summed E-state index contributed by atoms with van der Waals surface area (Å²) in [4.78, 5) is 12.3. The molecule has 0 spiro atoms. The van der Waals surface area contributed by atoms with Gasteiger partial charge in [0.05, 0.1) is 18.4 Å². The Morgan fingerprint density at radius 2 is 2.06 bits per heavy atom. The van der Waals surface area contributed by atoms with E-state index in [0.29, 0.717) is 12.5 Å². The number of hydrogen-bond acceptors (Lipinski definition) is 3.